The number of benzene rings is 2. The Bertz CT molecular complexity index is 955. The molecule has 0 radical (unpaired) electrons. The standard InChI is InChI=1S/C19H19N5O4/c1-28-18-7-5-13(12-23-16(11-21-22-20)6-8-19(23)25)9-17(18)14-3-2-4-15(10-14)24(26)27/h2-5,7,9-10,16H,6,8,11-12H2,1H3. The fourth-order valence-electron chi connectivity index (χ4n) is 3.39. The van der Waals surface area contributed by atoms with E-state index in [9.17, 15) is 14.9 Å². The fourth-order valence-corrected chi connectivity index (χ4v) is 3.39. The number of hydrogen-bond donors (Lipinski definition) is 0. The van der Waals surface area contributed by atoms with E-state index in [0.29, 0.717) is 36.3 Å². The summed E-state index contributed by atoms with van der Waals surface area (Å²) in [5.41, 5.74) is 10.8. The summed E-state index contributed by atoms with van der Waals surface area (Å²) >= 11 is 0. The number of non-ortho nitro benzene ring substituents is 1. The van der Waals surface area contributed by atoms with Gasteiger partial charge in [-0.15, -0.1) is 0 Å². The number of azide groups is 1. The van der Waals surface area contributed by atoms with Crippen LogP contribution < -0.4 is 4.74 Å². The Morgan fingerprint density at radius 3 is 2.89 bits per heavy atom. The molecule has 1 atom stereocenters. The maximum Gasteiger partial charge on any atom is 0.270 e. The third-order valence-electron chi connectivity index (χ3n) is 4.79. The van der Waals surface area contributed by atoms with E-state index in [1.54, 1.807) is 23.1 Å². The van der Waals surface area contributed by atoms with Crippen molar-refractivity contribution >= 4 is 11.6 Å². The summed E-state index contributed by atoms with van der Waals surface area (Å²) in [6.07, 6.45) is 1.09. The van der Waals surface area contributed by atoms with Crippen LogP contribution in [0.5, 0.6) is 5.75 Å². The second kappa shape index (κ2) is 8.41. The molecule has 1 aliphatic heterocycles. The largest absolute Gasteiger partial charge is 0.496 e. The first-order valence-electron chi connectivity index (χ1n) is 8.75. The van der Waals surface area contributed by atoms with Gasteiger partial charge in [0.1, 0.15) is 5.75 Å². The molecule has 1 saturated heterocycles. The van der Waals surface area contributed by atoms with Gasteiger partial charge in [0.05, 0.1) is 12.0 Å². The van der Waals surface area contributed by atoms with Crippen molar-refractivity contribution in [2.75, 3.05) is 13.7 Å². The predicted molar refractivity (Wildman–Crippen MR) is 103 cm³/mol. The van der Waals surface area contributed by atoms with Crippen molar-refractivity contribution in [2.24, 2.45) is 5.11 Å². The third-order valence-corrected chi connectivity index (χ3v) is 4.79. The first kappa shape index (κ1) is 19.2. The number of carbonyl (C=O) groups excluding carboxylic acids is 1. The molecule has 1 amide bonds. The summed E-state index contributed by atoms with van der Waals surface area (Å²) in [6, 6.07) is 11.7. The van der Waals surface area contributed by atoms with Crippen LogP contribution in [0.1, 0.15) is 18.4 Å². The zero-order chi connectivity index (χ0) is 20.1. The van der Waals surface area contributed by atoms with Crippen LogP contribution in [0.4, 0.5) is 5.69 Å². The second-order valence-electron chi connectivity index (χ2n) is 6.47. The minimum Gasteiger partial charge on any atom is -0.496 e. The predicted octanol–water partition coefficient (Wildman–Crippen LogP) is 4.07. The molecule has 1 unspecified atom stereocenters. The molecule has 28 heavy (non-hydrogen) atoms. The Labute approximate surface area is 161 Å². The van der Waals surface area contributed by atoms with Gasteiger partial charge in [-0.2, -0.15) is 0 Å². The van der Waals surface area contributed by atoms with Crippen LogP contribution in [0.15, 0.2) is 47.6 Å². The van der Waals surface area contributed by atoms with Gasteiger partial charge in [-0.3, -0.25) is 14.9 Å². The zero-order valence-corrected chi connectivity index (χ0v) is 15.3. The number of amides is 1. The molecular weight excluding hydrogens is 362 g/mol. The number of ether oxygens (including phenoxy) is 1. The lowest BCUT2D eigenvalue weighted by atomic mass is 10.0. The first-order valence-corrected chi connectivity index (χ1v) is 8.75. The van der Waals surface area contributed by atoms with Crippen molar-refractivity contribution in [3.8, 4) is 16.9 Å². The van der Waals surface area contributed by atoms with Gasteiger partial charge in [-0.25, -0.2) is 0 Å². The molecular formula is C19H19N5O4. The number of carbonyl (C=O) groups is 1. The van der Waals surface area contributed by atoms with Crippen LogP contribution in [-0.2, 0) is 11.3 Å². The van der Waals surface area contributed by atoms with Crippen LogP contribution in [0.3, 0.4) is 0 Å². The molecule has 144 valence electrons. The van der Waals surface area contributed by atoms with E-state index in [1.165, 1.54) is 19.2 Å². The average Bonchev–Trinajstić information content (AvgIpc) is 3.05. The summed E-state index contributed by atoms with van der Waals surface area (Å²) in [5.74, 6) is 0.605. The molecule has 1 fully saturated rings. The SMILES string of the molecule is COc1ccc(CN2C(=O)CCC2CN=[N+]=[N-])cc1-c1cccc([N+](=O)[O-])c1. The molecule has 9 heteroatoms. The van der Waals surface area contributed by atoms with Gasteiger partial charge in [-0.1, -0.05) is 23.3 Å². The van der Waals surface area contributed by atoms with Crippen molar-refractivity contribution in [3.05, 3.63) is 68.6 Å². The van der Waals surface area contributed by atoms with Gasteiger partial charge < -0.3 is 9.64 Å². The van der Waals surface area contributed by atoms with Crippen molar-refractivity contribution in [1.29, 1.82) is 0 Å². The van der Waals surface area contributed by atoms with Gasteiger partial charge in [-0.05, 0) is 35.2 Å². The number of rotatable bonds is 7. The highest BCUT2D eigenvalue weighted by molar-refractivity contribution is 5.79. The Morgan fingerprint density at radius 2 is 2.18 bits per heavy atom. The fraction of sp³-hybridized carbons (Fsp3) is 0.316. The van der Waals surface area contributed by atoms with Crippen molar-refractivity contribution in [3.63, 3.8) is 0 Å². The van der Waals surface area contributed by atoms with Crippen LogP contribution in [-0.4, -0.2) is 35.4 Å². The van der Waals surface area contributed by atoms with Crippen LogP contribution in [0.2, 0.25) is 0 Å². The van der Waals surface area contributed by atoms with Gasteiger partial charge in [0.2, 0.25) is 5.91 Å². The number of nitro groups is 1. The van der Waals surface area contributed by atoms with Crippen molar-refractivity contribution in [2.45, 2.75) is 25.4 Å². The zero-order valence-electron chi connectivity index (χ0n) is 15.3. The Morgan fingerprint density at radius 1 is 1.36 bits per heavy atom. The van der Waals surface area contributed by atoms with Crippen molar-refractivity contribution in [1.82, 2.24) is 4.90 Å². The Hall–Kier alpha value is -3.58. The molecule has 0 bridgehead atoms. The molecule has 1 aliphatic rings. The number of nitro benzene ring substituents is 1. The lowest BCUT2D eigenvalue weighted by Gasteiger charge is -2.24. The van der Waals surface area contributed by atoms with Gasteiger partial charge in [0.25, 0.3) is 5.69 Å². The van der Waals surface area contributed by atoms with Crippen LogP contribution in [0.25, 0.3) is 21.6 Å². The minimum absolute atomic E-state index is 0.00546. The summed E-state index contributed by atoms with van der Waals surface area (Å²) in [7, 11) is 1.54. The summed E-state index contributed by atoms with van der Waals surface area (Å²) in [4.78, 5) is 27.4. The Balaban J connectivity index is 1.93. The van der Waals surface area contributed by atoms with Gasteiger partial charge in [0, 0.05) is 48.2 Å². The van der Waals surface area contributed by atoms with Gasteiger partial charge in [0.15, 0.2) is 0 Å². The lowest BCUT2D eigenvalue weighted by Crippen LogP contribution is -2.34. The highest BCUT2D eigenvalue weighted by atomic mass is 16.6. The van der Waals surface area contributed by atoms with Crippen LogP contribution >= 0.6 is 0 Å². The summed E-state index contributed by atoms with van der Waals surface area (Å²) < 4.78 is 5.41. The monoisotopic (exact) mass is 381 g/mol. The number of hydrogen-bond acceptors (Lipinski definition) is 5. The molecule has 2 aromatic carbocycles. The smallest absolute Gasteiger partial charge is 0.270 e. The molecule has 0 N–H and O–H groups in total. The maximum absolute atomic E-state index is 12.2. The number of likely N-dealkylation sites (tertiary alicyclic amines) is 1. The topological polar surface area (TPSA) is 121 Å². The third kappa shape index (κ3) is 4.05. The van der Waals surface area contributed by atoms with E-state index >= 15 is 0 Å². The molecule has 3 rings (SSSR count). The second-order valence-corrected chi connectivity index (χ2v) is 6.47. The van der Waals surface area contributed by atoms with Crippen LogP contribution in [0, 0.1) is 10.1 Å². The van der Waals surface area contributed by atoms with E-state index < -0.39 is 4.92 Å². The molecule has 0 spiro atoms. The number of nitrogens with zero attached hydrogens (tertiary/aromatic N) is 5. The quantitative estimate of drug-likeness (QED) is 0.236. The lowest BCUT2D eigenvalue weighted by molar-refractivity contribution is -0.384. The molecule has 9 nitrogen and oxygen atoms in total. The normalized spacial score (nSPS) is 16.0. The van der Waals surface area contributed by atoms with E-state index in [2.05, 4.69) is 10.0 Å². The van der Waals surface area contributed by atoms with Gasteiger partial charge >= 0.3 is 0 Å². The molecule has 0 aliphatic carbocycles. The Kier molecular flexibility index (Phi) is 5.76. The molecule has 0 saturated carbocycles. The molecule has 0 aromatic heterocycles. The molecule has 1 heterocycles. The first-order chi connectivity index (χ1) is 13.5. The number of methoxy groups -OCH3 is 1. The highest BCUT2D eigenvalue weighted by Gasteiger charge is 2.30. The van der Waals surface area contributed by atoms with E-state index in [0.717, 1.165) is 5.56 Å². The van der Waals surface area contributed by atoms with E-state index in [4.69, 9.17) is 10.3 Å². The van der Waals surface area contributed by atoms with Crippen molar-refractivity contribution < 1.29 is 14.5 Å². The minimum atomic E-state index is -0.441. The maximum atomic E-state index is 12.2. The molecule has 2 aromatic rings. The van der Waals surface area contributed by atoms with E-state index in [1.807, 2.05) is 12.1 Å². The highest BCUT2D eigenvalue weighted by Crippen LogP contribution is 2.33. The average molecular weight is 381 g/mol. The summed E-state index contributed by atoms with van der Waals surface area (Å²) in [6.45, 7) is 0.618. The summed E-state index contributed by atoms with van der Waals surface area (Å²) in [5, 5.41) is 14.7. The van der Waals surface area contributed by atoms with E-state index in [-0.39, 0.29) is 24.2 Å².